The van der Waals surface area contributed by atoms with E-state index in [1.165, 1.54) is 0 Å². The number of alkyl halides is 1. The van der Waals surface area contributed by atoms with Gasteiger partial charge in [-0.15, -0.1) is 11.6 Å². The molecule has 0 bridgehead atoms. The number of amides is 1. The Hall–Kier alpha value is -1.03. The summed E-state index contributed by atoms with van der Waals surface area (Å²) in [5, 5.41) is 2.91. The molecule has 1 rings (SSSR count). The van der Waals surface area contributed by atoms with Gasteiger partial charge < -0.3 is 9.88 Å². The topological polar surface area (TPSA) is 46.9 Å². The van der Waals surface area contributed by atoms with Crippen LogP contribution in [-0.4, -0.2) is 21.0 Å². The third-order valence-electron chi connectivity index (χ3n) is 2.03. The highest BCUT2D eigenvalue weighted by molar-refractivity contribution is 6.16. The normalized spacial score (nSPS) is 11.5. The Morgan fingerprint density at radius 1 is 1.56 bits per heavy atom. The minimum Gasteiger partial charge on any atom is -0.351 e. The molecule has 16 heavy (non-hydrogen) atoms. The quantitative estimate of drug-likeness (QED) is 0.822. The Bertz CT molecular complexity index is 354. The van der Waals surface area contributed by atoms with Crippen LogP contribution in [0.2, 0.25) is 0 Å². The molecule has 0 aliphatic carbocycles. The number of aromatic nitrogens is 2. The molecule has 90 valence electrons. The third-order valence-corrected chi connectivity index (χ3v) is 2.30. The minimum absolute atomic E-state index is 0.0433. The third kappa shape index (κ3) is 4.23. The Morgan fingerprint density at radius 2 is 2.25 bits per heavy atom. The summed E-state index contributed by atoms with van der Waals surface area (Å²) in [6, 6.07) is 0. The average molecular weight is 244 g/mol. The van der Waals surface area contributed by atoms with Crippen molar-refractivity contribution in [2.24, 2.45) is 0 Å². The summed E-state index contributed by atoms with van der Waals surface area (Å²) in [7, 11) is 0. The molecule has 0 unspecified atom stereocenters. The molecule has 1 heterocycles. The summed E-state index contributed by atoms with van der Waals surface area (Å²) >= 11 is 5.73. The van der Waals surface area contributed by atoms with Crippen molar-refractivity contribution >= 4 is 17.5 Å². The summed E-state index contributed by atoms with van der Waals surface area (Å²) in [6.45, 7) is 6.51. The van der Waals surface area contributed by atoms with Gasteiger partial charge in [0.15, 0.2) is 0 Å². The van der Waals surface area contributed by atoms with E-state index in [9.17, 15) is 4.79 Å². The molecule has 0 aliphatic heterocycles. The molecule has 0 fully saturated rings. The molecule has 5 heteroatoms. The summed E-state index contributed by atoms with van der Waals surface area (Å²) in [6.07, 6.45) is 3.86. The number of halogens is 1. The van der Waals surface area contributed by atoms with E-state index in [4.69, 9.17) is 11.6 Å². The number of aryl methyl sites for hydroxylation is 1. The van der Waals surface area contributed by atoms with Crippen molar-refractivity contribution in [2.75, 3.05) is 0 Å². The van der Waals surface area contributed by atoms with E-state index < -0.39 is 0 Å². The summed E-state index contributed by atoms with van der Waals surface area (Å²) in [5.74, 6) is 0.461. The van der Waals surface area contributed by atoms with Gasteiger partial charge in [0, 0.05) is 24.7 Å². The van der Waals surface area contributed by atoms with Crippen LogP contribution in [0.15, 0.2) is 12.5 Å². The number of rotatable bonds is 4. The van der Waals surface area contributed by atoms with Gasteiger partial charge >= 0.3 is 0 Å². The van der Waals surface area contributed by atoms with Crippen molar-refractivity contribution in [1.29, 1.82) is 0 Å². The largest absolute Gasteiger partial charge is 0.351 e. The smallest absolute Gasteiger partial charge is 0.222 e. The highest BCUT2D eigenvalue weighted by atomic mass is 35.5. The molecule has 0 saturated heterocycles. The Kier molecular flexibility index (Phi) is 4.35. The highest BCUT2D eigenvalue weighted by Gasteiger charge is 2.13. The van der Waals surface area contributed by atoms with Gasteiger partial charge in [-0.05, 0) is 20.8 Å². The van der Waals surface area contributed by atoms with Crippen LogP contribution in [0.4, 0.5) is 0 Å². The first-order valence-electron chi connectivity index (χ1n) is 5.28. The van der Waals surface area contributed by atoms with E-state index >= 15 is 0 Å². The van der Waals surface area contributed by atoms with E-state index in [1.54, 1.807) is 12.5 Å². The molecule has 0 aromatic carbocycles. The van der Waals surface area contributed by atoms with Gasteiger partial charge in [-0.2, -0.15) is 0 Å². The van der Waals surface area contributed by atoms with Crippen molar-refractivity contribution < 1.29 is 4.79 Å². The fourth-order valence-corrected chi connectivity index (χ4v) is 1.59. The second kappa shape index (κ2) is 5.34. The number of imidazole rings is 1. The first-order chi connectivity index (χ1) is 7.42. The van der Waals surface area contributed by atoms with Crippen molar-refractivity contribution in [1.82, 2.24) is 14.9 Å². The predicted octanol–water partition coefficient (Wildman–Crippen LogP) is 1.93. The van der Waals surface area contributed by atoms with E-state index in [0.717, 1.165) is 5.69 Å². The van der Waals surface area contributed by atoms with Crippen LogP contribution in [0.5, 0.6) is 0 Å². The molecule has 1 aromatic rings. The van der Waals surface area contributed by atoms with Crippen molar-refractivity contribution in [3.63, 3.8) is 0 Å². The Morgan fingerprint density at radius 3 is 2.81 bits per heavy atom. The molecule has 0 atom stereocenters. The van der Waals surface area contributed by atoms with E-state index in [-0.39, 0.29) is 11.4 Å². The van der Waals surface area contributed by atoms with Crippen LogP contribution in [-0.2, 0) is 17.2 Å². The first kappa shape index (κ1) is 13.0. The molecule has 1 N–H and O–H groups in total. The lowest BCUT2D eigenvalue weighted by atomic mass is 10.1. The number of hydrogen-bond donors (Lipinski definition) is 1. The Labute approximate surface area is 101 Å². The molecule has 0 radical (unpaired) electrons. The maximum atomic E-state index is 11.6. The fourth-order valence-electron chi connectivity index (χ4n) is 1.36. The summed E-state index contributed by atoms with van der Waals surface area (Å²) in [5.41, 5.74) is 0.756. The van der Waals surface area contributed by atoms with Crippen molar-refractivity contribution in [2.45, 2.75) is 45.2 Å². The van der Waals surface area contributed by atoms with Gasteiger partial charge in [-0.25, -0.2) is 4.98 Å². The fraction of sp³-hybridized carbons (Fsp3) is 0.636. The lowest BCUT2D eigenvalue weighted by Crippen LogP contribution is -2.40. The number of hydrogen-bond acceptors (Lipinski definition) is 2. The SMILES string of the molecule is CC(C)(C)NC(=O)CCn1cncc1CCl. The van der Waals surface area contributed by atoms with Crippen LogP contribution in [0, 0.1) is 0 Å². The summed E-state index contributed by atoms with van der Waals surface area (Å²) in [4.78, 5) is 15.6. The lowest BCUT2D eigenvalue weighted by molar-refractivity contribution is -0.122. The predicted molar refractivity (Wildman–Crippen MR) is 64.3 cm³/mol. The average Bonchev–Trinajstić information content (AvgIpc) is 2.59. The van der Waals surface area contributed by atoms with Crippen LogP contribution in [0.3, 0.4) is 0 Å². The molecular formula is C11H18ClN3O. The number of carbonyl (C=O) groups is 1. The van der Waals surface area contributed by atoms with Crippen LogP contribution < -0.4 is 5.32 Å². The second-order valence-corrected chi connectivity index (χ2v) is 5.03. The van der Waals surface area contributed by atoms with E-state index in [1.807, 2.05) is 25.3 Å². The molecule has 4 nitrogen and oxygen atoms in total. The minimum atomic E-state index is -0.179. The molecule has 1 amide bonds. The second-order valence-electron chi connectivity index (χ2n) is 4.76. The van der Waals surface area contributed by atoms with Gasteiger partial charge in [0.05, 0.1) is 17.9 Å². The van der Waals surface area contributed by atoms with Crippen LogP contribution in [0.25, 0.3) is 0 Å². The first-order valence-corrected chi connectivity index (χ1v) is 5.82. The number of nitrogens with zero attached hydrogens (tertiary/aromatic N) is 2. The number of carbonyl (C=O) groups excluding carboxylic acids is 1. The van der Waals surface area contributed by atoms with E-state index in [0.29, 0.717) is 18.8 Å². The highest BCUT2D eigenvalue weighted by Crippen LogP contribution is 2.05. The molecule has 1 aromatic heterocycles. The maximum absolute atomic E-state index is 11.6. The molecule has 0 spiro atoms. The molecular weight excluding hydrogens is 226 g/mol. The van der Waals surface area contributed by atoms with Crippen LogP contribution in [0.1, 0.15) is 32.9 Å². The molecule has 0 saturated carbocycles. The van der Waals surface area contributed by atoms with Gasteiger partial charge in [-0.1, -0.05) is 0 Å². The summed E-state index contributed by atoms with van der Waals surface area (Å²) < 4.78 is 1.90. The van der Waals surface area contributed by atoms with Gasteiger partial charge in [0.25, 0.3) is 0 Å². The van der Waals surface area contributed by atoms with Gasteiger partial charge in [-0.3, -0.25) is 4.79 Å². The Balaban J connectivity index is 2.43. The molecule has 0 aliphatic rings. The van der Waals surface area contributed by atoms with Crippen LogP contribution >= 0.6 is 11.6 Å². The zero-order valence-electron chi connectivity index (χ0n) is 9.96. The number of nitrogens with one attached hydrogen (secondary N) is 1. The maximum Gasteiger partial charge on any atom is 0.222 e. The van der Waals surface area contributed by atoms with Crippen molar-refractivity contribution in [3.05, 3.63) is 18.2 Å². The lowest BCUT2D eigenvalue weighted by Gasteiger charge is -2.20. The zero-order chi connectivity index (χ0) is 12.2. The van der Waals surface area contributed by atoms with Gasteiger partial charge in [0.2, 0.25) is 5.91 Å². The van der Waals surface area contributed by atoms with Crippen molar-refractivity contribution in [3.8, 4) is 0 Å². The van der Waals surface area contributed by atoms with Gasteiger partial charge in [0.1, 0.15) is 0 Å². The standard InChI is InChI=1S/C11H18ClN3O/c1-11(2,3)14-10(16)4-5-15-8-13-7-9(15)6-12/h7-8H,4-6H2,1-3H3,(H,14,16). The van der Waals surface area contributed by atoms with E-state index in [2.05, 4.69) is 10.3 Å². The monoisotopic (exact) mass is 243 g/mol. The zero-order valence-corrected chi connectivity index (χ0v) is 10.7.